The van der Waals surface area contributed by atoms with Gasteiger partial charge in [-0.05, 0) is 42.8 Å². The van der Waals surface area contributed by atoms with Gasteiger partial charge in [0.15, 0.2) is 0 Å². The molecule has 1 aromatic heterocycles. The summed E-state index contributed by atoms with van der Waals surface area (Å²) in [5.41, 5.74) is 3.18. The highest BCUT2D eigenvalue weighted by molar-refractivity contribution is 7.89. The average Bonchev–Trinajstić information content (AvgIpc) is 2.67. The molecule has 3 aromatic rings. The molecule has 0 radical (unpaired) electrons. The molecule has 4 rings (SSSR count). The number of halogens is 2. The second-order valence-corrected chi connectivity index (χ2v) is 9.57. The van der Waals surface area contributed by atoms with E-state index in [4.69, 9.17) is 23.2 Å². The second kappa shape index (κ2) is 7.52. The maximum atomic E-state index is 13.0. The van der Waals surface area contributed by atoms with Crippen LogP contribution in [-0.2, 0) is 10.0 Å². The van der Waals surface area contributed by atoms with E-state index in [9.17, 15) is 8.42 Å². The molecule has 8 heteroatoms. The highest BCUT2D eigenvalue weighted by atomic mass is 35.5. The molecule has 5 nitrogen and oxygen atoms in total. The van der Waals surface area contributed by atoms with E-state index in [1.165, 1.54) is 16.4 Å². The summed E-state index contributed by atoms with van der Waals surface area (Å²) in [5, 5.41) is 1.63. The molecule has 1 saturated heterocycles. The summed E-state index contributed by atoms with van der Waals surface area (Å²) in [6.07, 6.45) is 1.80. The van der Waals surface area contributed by atoms with Gasteiger partial charge in [0.2, 0.25) is 10.0 Å². The predicted octanol–water partition coefficient (Wildman–Crippen LogP) is 4.36. The number of aryl methyl sites for hydroxylation is 1. The average molecular weight is 436 g/mol. The van der Waals surface area contributed by atoms with E-state index in [2.05, 4.69) is 28.1 Å². The number of pyridine rings is 1. The van der Waals surface area contributed by atoms with Gasteiger partial charge in [-0.3, -0.25) is 4.98 Å². The maximum absolute atomic E-state index is 13.0. The molecule has 0 aliphatic carbocycles. The van der Waals surface area contributed by atoms with Crippen LogP contribution in [0.5, 0.6) is 0 Å². The van der Waals surface area contributed by atoms with Crippen LogP contribution in [0, 0.1) is 6.92 Å². The molecule has 28 heavy (non-hydrogen) atoms. The van der Waals surface area contributed by atoms with Crippen molar-refractivity contribution in [2.45, 2.75) is 11.8 Å². The van der Waals surface area contributed by atoms with E-state index in [0.29, 0.717) is 31.2 Å². The minimum absolute atomic E-state index is 0.0943. The van der Waals surface area contributed by atoms with E-state index in [1.54, 1.807) is 12.3 Å². The van der Waals surface area contributed by atoms with Crippen LogP contribution in [0.2, 0.25) is 10.0 Å². The Labute approximate surface area is 174 Å². The number of sulfonamides is 1. The SMILES string of the molecule is Cc1ccc2c(N3CCN(S(=O)(=O)c4ccc(Cl)cc4Cl)CC3)ccnc2c1. The standard InChI is InChI=1S/C20H19Cl2N3O2S/c1-14-2-4-16-18(12-14)23-7-6-19(16)24-8-10-25(11-9-24)28(26,27)20-5-3-15(21)13-17(20)22/h2-7,12-13H,8-11H2,1H3. The van der Waals surface area contributed by atoms with Gasteiger partial charge in [0.25, 0.3) is 0 Å². The first-order chi connectivity index (χ1) is 13.4. The summed E-state index contributed by atoms with van der Waals surface area (Å²) in [6, 6.07) is 12.6. The highest BCUT2D eigenvalue weighted by Crippen LogP contribution is 2.30. The van der Waals surface area contributed by atoms with E-state index < -0.39 is 10.0 Å². The van der Waals surface area contributed by atoms with Crippen LogP contribution in [0.25, 0.3) is 10.9 Å². The molecule has 1 aliphatic rings. The Bertz CT molecular complexity index is 1140. The lowest BCUT2D eigenvalue weighted by atomic mass is 10.1. The van der Waals surface area contributed by atoms with Crippen molar-refractivity contribution in [2.75, 3.05) is 31.1 Å². The summed E-state index contributed by atoms with van der Waals surface area (Å²) in [7, 11) is -3.66. The Hall–Kier alpha value is -1.86. The van der Waals surface area contributed by atoms with Crippen LogP contribution < -0.4 is 4.90 Å². The van der Waals surface area contributed by atoms with Crippen molar-refractivity contribution in [3.8, 4) is 0 Å². The molecule has 0 bridgehead atoms. The van der Waals surface area contributed by atoms with Crippen molar-refractivity contribution in [1.29, 1.82) is 0 Å². The van der Waals surface area contributed by atoms with Gasteiger partial charge in [-0.25, -0.2) is 8.42 Å². The molecule has 0 atom stereocenters. The number of anilines is 1. The first-order valence-corrected chi connectivity index (χ1v) is 11.1. The van der Waals surface area contributed by atoms with Crippen LogP contribution in [-0.4, -0.2) is 43.9 Å². The van der Waals surface area contributed by atoms with Gasteiger partial charge < -0.3 is 4.90 Å². The number of aromatic nitrogens is 1. The normalized spacial score (nSPS) is 15.9. The van der Waals surface area contributed by atoms with Gasteiger partial charge in [0.1, 0.15) is 4.90 Å². The molecule has 2 aromatic carbocycles. The smallest absolute Gasteiger partial charge is 0.244 e. The number of rotatable bonds is 3. The third-order valence-corrected chi connectivity index (χ3v) is 7.58. The minimum Gasteiger partial charge on any atom is -0.368 e. The van der Waals surface area contributed by atoms with Crippen molar-refractivity contribution in [1.82, 2.24) is 9.29 Å². The van der Waals surface area contributed by atoms with Gasteiger partial charge in [0, 0.05) is 48.5 Å². The molecule has 1 aliphatic heterocycles. The molecule has 0 unspecified atom stereocenters. The number of hydrogen-bond donors (Lipinski definition) is 0. The van der Waals surface area contributed by atoms with Crippen molar-refractivity contribution < 1.29 is 8.42 Å². The summed E-state index contributed by atoms with van der Waals surface area (Å²) in [5.74, 6) is 0. The lowest BCUT2D eigenvalue weighted by Crippen LogP contribution is -2.48. The fourth-order valence-corrected chi connectivity index (χ4v) is 5.68. The molecule has 0 N–H and O–H groups in total. The summed E-state index contributed by atoms with van der Waals surface area (Å²) in [6.45, 7) is 4.00. The van der Waals surface area contributed by atoms with E-state index in [-0.39, 0.29) is 9.92 Å². The van der Waals surface area contributed by atoms with E-state index in [0.717, 1.165) is 22.2 Å². The fourth-order valence-electron chi connectivity index (χ4n) is 3.51. The van der Waals surface area contributed by atoms with Gasteiger partial charge in [-0.1, -0.05) is 35.3 Å². The molecule has 0 amide bonds. The first kappa shape index (κ1) is 19.5. The fraction of sp³-hybridized carbons (Fsp3) is 0.250. The van der Waals surface area contributed by atoms with Crippen LogP contribution in [0.15, 0.2) is 53.6 Å². The Kier molecular flexibility index (Phi) is 5.22. The Morgan fingerprint density at radius 3 is 2.43 bits per heavy atom. The van der Waals surface area contributed by atoms with Crippen molar-refractivity contribution >= 4 is 49.8 Å². The molecule has 146 valence electrons. The van der Waals surface area contributed by atoms with Crippen molar-refractivity contribution in [2.24, 2.45) is 0 Å². The minimum atomic E-state index is -3.66. The van der Waals surface area contributed by atoms with Gasteiger partial charge in [-0.2, -0.15) is 4.31 Å². The van der Waals surface area contributed by atoms with Gasteiger partial charge in [0.05, 0.1) is 10.5 Å². The quantitative estimate of drug-likeness (QED) is 0.612. The Balaban J connectivity index is 1.57. The summed E-state index contributed by atoms with van der Waals surface area (Å²) < 4.78 is 27.4. The van der Waals surface area contributed by atoms with Crippen LogP contribution in [0.1, 0.15) is 5.56 Å². The maximum Gasteiger partial charge on any atom is 0.244 e. The number of fused-ring (bicyclic) bond motifs is 1. The zero-order valence-corrected chi connectivity index (χ0v) is 17.6. The lowest BCUT2D eigenvalue weighted by molar-refractivity contribution is 0.385. The molecule has 0 saturated carbocycles. The number of hydrogen-bond acceptors (Lipinski definition) is 4. The van der Waals surface area contributed by atoms with E-state index >= 15 is 0 Å². The van der Waals surface area contributed by atoms with Crippen LogP contribution in [0.3, 0.4) is 0 Å². The molecular weight excluding hydrogens is 417 g/mol. The number of piperazine rings is 1. The number of benzene rings is 2. The first-order valence-electron chi connectivity index (χ1n) is 8.92. The second-order valence-electron chi connectivity index (χ2n) is 6.82. The Morgan fingerprint density at radius 2 is 1.71 bits per heavy atom. The largest absolute Gasteiger partial charge is 0.368 e. The summed E-state index contributed by atoms with van der Waals surface area (Å²) in [4.78, 5) is 6.75. The zero-order valence-electron chi connectivity index (χ0n) is 15.3. The van der Waals surface area contributed by atoms with Gasteiger partial charge >= 0.3 is 0 Å². The van der Waals surface area contributed by atoms with Crippen LogP contribution >= 0.6 is 23.2 Å². The lowest BCUT2D eigenvalue weighted by Gasteiger charge is -2.36. The van der Waals surface area contributed by atoms with Crippen molar-refractivity contribution in [3.05, 3.63) is 64.3 Å². The molecule has 2 heterocycles. The topological polar surface area (TPSA) is 53.5 Å². The van der Waals surface area contributed by atoms with E-state index in [1.807, 2.05) is 13.0 Å². The highest BCUT2D eigenvalue weighted by Gasteiger charge is 2.30. The molecule has 0 spiro atoms. The van der Waals surface area contributed by atoms with Crippen molar-refractivity contribution in [3.63, 3.8) is 0 Å². The van der Waals surface area contributed by atoms with Crippen LogP contribution in [0.4, 0.5) is 5.69 Å². The summed E-state index contributed by atoms with van der Waals surface area (Å²) >= 11 is 12.0. The Morgan fingerprint density at radius 1 is 0.964 bits per heavy atom. The number of nitrogens with zero attached hydrogens (tertiary/aromatic N) is 3. The van der Waals surface area contributed by atoms with Gasteiger partial charge in [-0.15, -0.1) is 0 Å². The zero-order chi connectivity index (χ0) is 19.9. The predicted molar refractivity (Wildman–Crippen MR) is 114 cm³/mol. The third kappa shape index (κ3) is 3.57. The third-order valence-electron chi connectivity index (χ3n) is 4.97. The monoisotopic (exact) mass is 435 g/mol. The molecular formula is C20H19Cl2N3O2S. The molecule has 1 fully saturated rings.